The number of rotatable bonds is 9. The third-order valence-corrected chi connectivity index (χ3v) is 6.20. The Hall–Kier alpha value is -3.29. The average molecular weight is 479 g/mol. The van der Waals surface area contributed by atoms with Crippen LogP contribution in [0.2, 0.25) is 5.02 Å². The second-order valence-corrected chi connectivity index (χ2v) is 8.62. The highest BCUT2D eigenvalue weighted by Gasteiger charge is 2.08. The molecule has 0 saturated heterocycles. The van der Waals surface area contributed by atoms with Crippen molar-refractivity contribution in [3.05, 3.63) is 100 Å². The van der Waals surface area contributed by atoms with Gasteiger partial charge in [0, 0.05) is 10.8 Å². The van der Waals surface area contributed by atoms with Crippen LogP contribution in [0.4, 0.5) is 0 Å². The molecule has 33 heavy (non-hydrogen) atoms. The van der Waals surface area contributed by atoms with E-state index in [1.807, 2.05) is 42.5 Å². The smallest absolute Gasteiger partial charge is 0.212 e. The van der Waals surface area contributed by atoms with Crippen molar-refractivity contribution in [2.24, 2.45) is 5.10 Å². The normalized spacial score (nSPS) is 11.1. The Bertz CT molecular complexity index is 1240. The van der Waals surface area contributed by atoms with Crippen LogP contribution in [-0.2, 0) is 12.4 Å². The Balaban J connectivity index is 1.41. The van der Waals surface area contributed by atoms with E-state index in [2.05, 4.69) is 46.5 Å². The van der Waals surface area contributed by atoms with Crippen LogP contribution < -0.4 is 9.47 Å². The molecular weight excluding hydrogens is 456 g/mol. The fourth-order valence-corrected chi connectivity index (χ4v) is 4.16. The van der Waals surface area contributed by atoms with Gasteiger partial charge >= 0.3 is 0 Å². The number of aryl methyl sites for hydroxylation is 1. The van der Waals surface area contributed by atoms with Crippen LogP contribution in [0, 0.1) is 6.92 Å². The van der Waals surface area contributed by atoms with Crippen molar-refractivity contribution in [3.63, 3.8) is 0 Å². The maximum absolute atomic E-state index is 6.24. The molecule has 0 radical (unpaired) electrons. The topological polar surface area (TPSA) is 61.5 Å². The monoisotopic (exact) mass is 478 g/mol. The first-order chi connectivity index (χ1) is 16.1. The molecule has 0 aliphatic rings. The van der Waals surface area contributed by atoms with E-state index in [1.165, 1.54) is 17.3 Å². The van der Waals surface area contributed by atoms with Crippen molar-refractivity contribution in [2.75, 3.05) is 7.11 Å². The van der Waals surface area contributed by atoms with E-state index in [-0.39, 0.29) is 0 Å². The van der Waals surface area contributed by atoms with Crippen LogP contribution in [0.15, 0.2) is 83.3 Å². The van der Waals surface area contributed by atoms with Crippen molar-refractivity contribution in [1.82, 2.24) is 14.9 Å². The molecular formula is C25H23ClN4O2S. The maximum atomic E-state index is 6.24. The average Bonchev–Trinajstić information content (AvgIpc) is 3.29. The summed E-state index contributed by atoms with van der Waals surface area (Å²) in [7, 11) is 1.62. The number of methoxy groups -OCH3 is 1. The number of benzene rings is 3. The standard InChI is InChI=1S/C25H23ClN4O2S/c1-18-7-9-19(10-8-18)15-32-23-12-11-20(13-24(23)31-2)14-28-30-17-27-29-25(30)33-16-21-5-3-4-6-22(21)26/h3-14,17H,15-16H2,1-2H3/b28-14+. The van der Waals surface area contributed by atoms with Gasteiger partial charge in [-0.15, -0.1) is 10.2 Å². The van der Waals surface area contributed by atoms with Gasteiger partial charge in [0.25, 0.3) is 0 Å². The molecule has 0 bridgehead atoms. The minimum atomic E-state index is 0.469. The van der Waals surface area contributed by atoms with Crippen LogP contribution in [-0.4, -0.2) is 28.2 Å². The number of halogens is 1. The summed E-state index contributed by atoms with van der Waals surface area (Å²) in [4.78, 5) is 0. The number of nitrogens with zero attached hydrogens (tertiary/aromatic N) is 4. The van der Waals surface area contributed by atoms with Gasteiger partial charge in [0.15, 0.2) is 11.5 Å². The molecule has 0 N–H and O–H groups in total. The van der Waals surface area contributed by atoms with E-state index < -0.39 is 0 Å². The van der Waals surface area contributed by atoms with Crippen LogP contribution in [0.1, 0.15) is 22.3 Å². The Kier molecular flexibility index (Phi) is 7.65. The number of aromatic nitrogens is 3. The zero-order chi connectivity index (χ0) is 23.0. The molecule has 0 aliphatic heterocycles. The largest absolute Gasteiger partial charge is 0.493 e. The van der Waals surface area contributed by atoms with E-state index in [9.17, 15) is 0 Å². The molecule has 0 unspecified atom stereocenters. The summed E-state index contributed by atoms with van der Waals surface area (Å²) in [6.07, 6.45) is 3.30. The van der Waals surface area contributed by atoms with Crippen LogP contribution in [0.5, 0.6) is 11.5 Å². The fourth-order valence-electron chi connectivity index (χ4n) is 3.01. The molecule has 6 nitrogen and oxygen atoms in total. The first-order valence-electron chi connectivity index (χ1n) is 10.3. The highest BCUT2D eigenvalue weighted by molar-refractivity contribution is 7.98. The van der Waals surface area contributed by atoms with Gasteiger partial charge in [-0.25, -0.2) is 0 Å². The van der Waals surface area contributed by atoms with Gasteiger partial charge in [0.05, 0.1) is 13.3 Å². The summed E-state index contributed by atoms with van der Waals surface area (Å²) in [5.74, 6) is 1.99. The van der Waals surface area contributed by atoms with Crippen molar-refractivity contribution in [3.8, 4) is 11.5 Å². The van der Waals surface area contributed by atoms with E-state index in [4.69, 9.17) is 21.1 Å². The molecule has 0 spiro atoms. The minimum absolute atomic E-state index is 0.469. The Labute approximate surface area is 202 Å². The lowest BCUT2D eigenvalue weighted by molar-refractivity contribution is 0.284. The molecule has 4 rings (SSSR count). The second kappa shape index (κ2) is 11.0. The zero-order valence-electron chi connectivity index (χ0n) is 18.3. The maximum Gasteiger partial charge on any atom is 0.212 e. The first kappa shape index (κ1) is 22.9. The van der Waals surface area contributed by atoms with Crippen LogP contribution >= 0.6 is 23.4 Å². The summed E-state index contributed by atoms with van der Waals surface area (Å²) < 4.78 is 13.1. The van der Waals surface area contributed by atoms with Gasteiger partial charge in [0.2, 0.25) is 5.16 Å². The molecule has 1 aromatic heterocycles. The van der Waals surface area contributed by atoms with Crippen LogP contribution in [0.3, 0.4) is 0 Å². The SMILES string of the molecule is COc1cc(/C=N/n2cnnc2SCc2ccccc2Cl)ccc1OCc1ccc(C)cc1. The van der Waals surface area contributed by atoms with Crippen molar-refractivity contribution in [2.45, 2.75) is 24.4 Å². The molecule has 0 saturated carbocycles. The molecule has 8 heteroatoms. The third-order valence-electron chi connectivity index (χ3n) is 4.85. The molecule has 0 atom stereocenters. The molecule has 3 aromatic carbocycles. The highest BCUT2D eigenvalue weighted by Crippen LogP contribution is 2.29. The van der Waals surface area contributed by atoms with Gasteiger partial charge in [-0.05, 0) is 47.9 Å². The van der Waals surface area contributed by atoms with Crippen molar-refractivity contribution >= 4 is 29.6 Å². The first-order valence-corrected chi connectivity index (χ1v) is 11.7. The second-order valence-electron chi connectivity index (χ2n) is 7.27. The highest BCUT2D eigenvalue weighted by atomic mass is 35.5. The van der Waals surface area contributed by atoms with Gasteiger partial charge in [-0.3, -0.25) is 0 Å². The van der Waals surface area contributed by atoms with E-state index in [0.717, 1.165) is 21.7 Å². The molecule has 0 aliphatic carbocycles. The van der Waals surface area contributed by atoms with E-state index >= 15 is 0 Å². The molecule has 168 valence electrons. The summed E-state index contributed by atoms with van der Waals surface area (Å²) in [5, 5.41) is 14.0. The lowest BCUT2D eigenvalue weighted by Crippen LogP contribution is -1.99. The zero-order valence-corrected chi connectivity index (χ0v) is 19.9. The van der Waals surface area contributed by atoms with Gasteiger partial charge in [-0.2, -0.15) is 9.78 Å². The third kappa shape index (κ3) is 6.15. The molecule has 0 fully saturated rings. The summed E-state index contributed by atoms with van der Waals surface area (Å²) in [6, 6.07) is 21.7. The summed E-state index contributed by atoms with van der Waals surface area (Å²) in [6.45, 7) is 2.53. The molecule has 0 amide bonds. The van der Waals surface area contributed by atoms with Crippen molar-refractivity contribution < 1.29 is 9.47 Å². The number of thioether (sulfide) groups is 1. The Morgan fingerprint density at radius 3 is 2.67 bits per heavy atom. The predicted octanol–water partition coefficient (Wildman–Crippen LogP) is 6.00. The summed E-state index contributed by atoms with van der Waals surface area (Å²) >= 11 is 7.76. The number of hydrogen-bond donors (Lipinski definition) is 0. The van der Waals surface area contributed by atoms with Gasteiger partial charge < -0.3 is 9.47 Å². The minimum Gasteiger partial charge on any atom is -0.493 e. The fraction of sp³-hybridized carbons (Fsp3) is 0.160. The van der Waals surface area contributed by atoms with Crippen molar-refractivity contribution in [1.29, 1.82) is 0 Å². The summed E-state index contributed by atoms with van der Waals surface area (Å²) in [5.41, 5.74) is 4.22. The number of hydrogen-bond acceptors (Lipinski definition) is 6. The van der Waals surface area contributed by atoms with Crippen LogP contribution in [0.25, 0.3) is 0 Å². The Morgan fingerprint density at radius 2 is 1.88 bits per heavy atom. The number of ether oxygens (including phenoxy) is 2. The Morgan fingerprint density at radius 1 is 1.06 bits per heavy atom. The van der Waals surface area contributed by atoms with E-state index in [0.29, 0.717) is 29.0 Å². The quantitative estimate of drug-likeness (QED) is 0.218. The lowest BCUT2D eigenvalue weighted by atomic mass is 10.2. The van der Waals surface area contributed by atoms with Gasteiger partial charge in [-0.1, -0.05) is 71.4 Å². The molecule has 1 heterocycles. The molecule has 4 aromatic rings. The predicted molar refractivity (Wildman–Crippen MR) is 133 cm³/mol. The lowest BCUT2D eigenvalue weighted by Gasteiger charge is -2.11. The van der Waals surface area contributed by atoms with Gasteiger partial charge in [0.1, 0.15) is 12.9 Å². The van der Waals surface area contributed by atoms with E-state index in [1.54, 1.807) is 24.3 Å².